The molecule has 11 heteroatoms. The number of para-hydroxylation sites is 2. The van der Waals surface area contributed by atoms with Crippen LogP contribution in [0.1, 0.15) is 11.5 Å². The first kappa shape index (κ1) is 22.9. The van der Waals surface area contributed by atoms with Crippen LogP contribution in [0, 0.1) is 5.82 Å². The van der Waals surface area contributed by atoms with Crippen molar-refractivity contribution < 1.29 is 28.0 Å². The Morgan fingerprint density at radius 2 is 1.52 bits per heavy atom. The molecular formula is C22H18FN5O5. The largest absolute Gasteiger partial charge is 0.458 e. The van der Waals surface area contributed by atoms with Crippen molar-refractivity contribution in [3.63, 3.8) is 0 Å². The van der Waals surface area contributed by atoms with Gasteiger partial charge in [0.2, 0.25) is 0 Å². The lowest BCUT2D eigenvalue weighted by atomic mass is 10.3. The summed E-state index contributed by atoms with van der Waals surface area (Å²) in [5, 5.41) is 10.6. The molecule has 0 radical (unpaired) electrons. The number of halogens is 1. The fourth-order valence-electron chi connectivity index (χ4n) is 2.46. The first-order valence-corrected chi connectivity index (χ1v) is 9.54. The van der Waals surface area contributed by atoms with Gasteiger partial charge in [-0.25, -0.2) is 9.82 Å². The molecule has 2 aromatic carbocycles. The summed E-state index contributed by atoms with van der Waals surface area (Å²) in [6.45, 7) is -0.0632. The summed E-state index contributed by atoms with van der Waals surface area (Å²) in [6.07, 6.45) is 1.13. The molecule has 0 aliphatic heterocycles. The minimum atomic E-state index is -1.11. The van der Waals surface area contributed by atoms with E-state index in [4.69, 9.17) is 4.42 Å². The number of hydrogen-bond acceptors (Lipinski definition) is 6. The summed E-state index contributed by atoms with van der Waals surface area (Å²) in [6, 6.07) is 16.9. The number of nitrogens with zero attached hydrogens (tertiary/aromatic N) is 1. The Hall–Kier alpha value is -4.80. The molecule has 0 bridgehead atoms. The molecule has 0 aliphatic rings. The van der Waals surface area contributed by atoms with Crippen molar-refractivity contribution in [2.75, 3.05) is 10.6 Å². The van der Waals surface area contributed by atoms with E-state index in [1.54, 1.807) is 30.3 Å². The van der Waals surface area contributed by atoms with Gasteiger partial charge in [0.1, 0.15) is 17.3 Å². The van der Waals surface area contributed by atoms with Crippen molar-refractivity contribution in [3.05, 3.63) is 84.1 Å². The van der Waals surface area contributed by atoms with Gasteiger partial charge in [-0.15, -0.1) is 0 Å². The van der Waals surface area contributed by atoms with E-state index in [2.05, 4.69) is 21.1 Å². The summed E-state index contributed by atoms with van der Waals surface area (Å²) in [7, 11) is 0. The number of rotatable bonds is 6. The van der Waals surface area contributed by atoms with E-state index in [9.17, 15) is 23.6 Å². The molecule has 0 unspecified atom stereocenters. The summed E-state index contributed by atoms with van der Waals surface area (Å²) >= 11 is 0. The Bertz CT molecular complexity index is 1190. The number of carbonyl (C=O) groups excluding carboxylic acids is 4. The normalized spacial score (nSPS) is 10.5. The Balaban J connectivity index is 1.43. The first-order valence-electron chi connectivity index (χ1n) is 9.54. The van der Waals surface area contributed by atoms with Gasteiger partial charge in [0.15, 0.2) is 0 Å². The van der Waals surface area contributed by atoms with Crippen LogP contribution in [0.25, 0.3) is 0 Å². The SMILES string of the molecule is O=C(NCc1ccc(/C=N/NC(=O)C(=O)Nc2ccccc2F)o1)C(=O)Nc1ccccc1. The lowest BCUT2D eigenvalue weighted by Gasteiger charge is -2.05. The fourth-order valence-corrected chi connectivity index (χ4v) is 2.46. The third kappa shape index (κ3) is 6.85. The van der Waals surface area contributed by atoms with Gasteiger partial charge in [0.25, 0.3) is 0 Å². The highest BCUT2D eigenvalue weighted by atomic mass is 19.1. The Kier molecular flexibility index (Phi) is 7.62. The summed E-state index contributed by atoms with van der Waals surface area (Å²) in [4.78, 5) is 47.3. The van der Waals surface area contributed by atoms with Crippen LogP contribution in [-0.2, 0) is 25.7 Å². The average Bonchev–Trinajstić information content (AvgIpc) is 3.27. The van der Waals surface area contributed by atoms with Crippen LogP contribution in [0.5, 0.6) is 0 Å². The molecule has 168 valence electrons. The molecule has 33 heavy (non-hydrogen) atoms. The number of anilines is 2. The lowest BCUT2D eigenvalue weighted by Crippen LogP contribution is -2.34. The topological polar surface area (TPSA) is 142 Å². The van der Waals surface area contributed by atoms with E-state index >= 15 is 0 Å². The minimum Gasteiger partial charge on any atom is -0.458 e. The molecular weight excluding hydrogens is 433 g/mol. The Labute approximate surface area is 186 Å². The van der Waals surface area contributed by atoms with E-state index in [1.807, 2.05) is 5.43 Å². The zero-order valence-corrected chi connectivity index (χ0v) is 17.0. The zero-order valence-electron chi connectivity index (χ0n) is 17.0. The molecule has 4 N–H and O–H groups in total. The predicted octanol–water partition coefficient (Wildman–Crippen LogP) is 1.76. The highest BCUT2D eigenvalue weighted by Gasteiger charge is 2.15. The van der Waals surface area contributed by atoms with Gasteiger partial charge in [-0.05, 0) is 36.4 Å². The third-order valence-electron chi connectivity index (χ3n) is 4.03. The summed E-state index contributed by atoms with van der Waals surface area (Å²) < 4.78 is 18.9. The van der Waals surface area contributed by atoms with Gasteiger partial charge in [0, 0.05) is 5.69 Å². The maximum atomic E-state index is 13.5. The van der Waals surface area contributed by atoms with Gasteiger partial charge in [-0.1, -0.05) is 30.3 Å². The van der Waals surface area contributed by atoms with Crippen LogP contribution in [-0.4, -0.2) is 29.8 Å². The quantitative estimate of drug-likeness (QED) is 0.257. The van der Waals surface area contributed by atoms with Gasteiger partial charge < -0.3 is 20.4 Å². The maximum absolute atomic E-state index is 13.5. The number of benzene rings is 2. The van der Waals surface area contributed by atoms with Gasteiger partial charge in [-0.3, -0.25) is 19.2 Å². The second-order valence-corrected chi connectivity index (χ2v) is 6.44. The molecule has 0 saturated heterocycles. The number of nitrogens with one attached hydrogen (secondary N) is 4. The third-order valence-corrected chi connectivity index (χ3v) is 4.03. The van der Waals surface area contributed by atoms with Crippen LogP contribution >= 0.6 is 0 Å². The molecule has 1 aromatic heterocycles. The second-order valence-electron chi connectivity index (χ2n) is 6.44. The smallest absolute Gasteiger partial charge is 0.329 e. The van der Waals surface area contributed by atoms with Crippen molar-refractivity contribution in [2.24, 2.45) is 5.10 Å². The lowest BCUT2D eigenvalue weighted by molar-refractivity contribution is -0.136. The van der Waals surface area contributed by atoms with Crippen LogP contribution < -0.4 is 21.4 Å². The van der Waals surface area contributed by atoms with Crippen LogP contribution in [0.2, 0.25) is 0 Å². The minimum absolute atomic E-state index is 0.0632. The van der Waals surface area contributed by atoms with Crippen LogP contribution in [0.4, 0.5) is 15.8 Å². The van der Waals surface area contributed by atoms with E-state index in [-0.39, 0.29) is 18.0 Å². The first-order chi connectivity index (χ1) is 15.9. The molecule has 1 heterocycles. The van der Waals surface area contributed by atoms with Crippen molar-refractivity contribution in [2.45, 2.75) is 6.54 Å². The number of hydrogen-bond donors (Lipinski definition) is 4. The van der Waals surface area contributed by atoms with Crippen molar-refractivity contribution >= 4 is 41.2 Å². The number of carbonyl (C=O) groups is 4. The van der Waals surface area contributed by atoms with Crippen LogP contribution in [0.3, 0.4) is 0 Å². The Morgan fingerprint density at radius 1 is 0.818 bits per heavy atom. The predicted molar refractivity (Wildman–Crippen MR) is 116 cm³/mol. The fraction of sp³-hybridized carbons (Fsp3) is 0.0455. The maximum Gasteiger partial charge on any atom is 0.329 e. The molecule has 3 rings (SSSR count). The molecule has 3 aromatic rings. The summed E-state index contributed by atoms with van der Waals surface area (Å²) in [5.41, 5.74) is 2.32. The van der Waals surface area contributed by atoms with Crippen molar-refractivity contribution in [3.8, 4) is 0 Å². The van der Waals surface area contributed by atoms with E-state index in [0.717, 1.165) is 12.3 Å². The highest BCUT2D eigenvalue weighted by Crippen LogP contribution is 2.12. The number of hydrazone groups is 1. The second kappa shape index (κ2) is 11.0. The van der Waals surface area contributed by atoms with Gasteiger partial charge >= 0.3 is 23.6 Å². The van der Waals surface area contributed by atoms with E-state index in [1.165, 1.54) is 30.3 Å². The van der Waals surface area contributed by atoms with Gasteiger partial charge in [-0.2, -0.15) is 5.10 Å². The molecule has 0 saturated carbocycles. The molecule has 0 fully saturated rings. The standard InChI is InChI=1S/C22H18FN5O5/c23-17-8-4-5-9-18(17)27-21(31)22(32)28-25-13-16-11-10-15(33-16)12-24-19(29)20(30)26-14-6-2-1-3-7-14/h1-11,13H,12H2,(H,24,29)(H,26,30)(H,27,31)(H,28,32)/b25-13+. The van der Waals surface area contributed by atoms with Crippen molar-refractivity contribution in [1.29, 1.82) is 0 Å². The van der Waals surface area contributed by atoms with Crippen molar-refractivity contribution in [1.82, 2.24) is 10.7 Å². The Morgan fingerprint density at radius 3 is 2.27 bits per heavy atom. The molecule has 10 nitrogen and oxygen atoms in total. The van der Waals surface area contributed by atoms with E-state index in [0.29, 0.717) is 11.4 Å². The van der Waals surface area contributed by atoms with E-state index < -0.39 is 29.4 Å². The van der Waals surface area contributed by atoms with Gasteiger partial charge in [0.05, 0.1) is 18.4 Å². The number of furan rings is 1. The molecule has 4 amide bonds. The monoisotopic (exact) mass is 451 g/mol. The zero-order chi connectivity index (χ0) is 23.6. The number of amides is 4. The molecule has 0 spiro atoms. The molecule has 0 aliphatic carbocycles. The average molecular weight is 451 g/mol. The highest BCUT2D eigenvalue weighted by molar-refractivity contribution is 6.40. The van der Waals surface area contributed by atoms with Crippen LogP contribution in [0.15, 0.2) is 76.2 Å². The summed E-state index contributed by atoms with van der Waals surface area (Å²) in [5.74, 6) is -4.05. The molecule has 0 atom stereocenters.